The first-order valence-electron chi connectivity index (χ1n) is 4.97. The Morgan fingerprint density at radius 1 is 1.21 bits per heavy atom. The molecule has 0 amide bonds. The highest BCUT2D eigenvalue weighted by Crippen LogP contribution is 2.18. The normalized spacial score (nSPS) is 15.7. The summed E-state index contributed by atoms with van der Waals surface area (Å²) in [6.45, 7) is 0. The van der Waals surface area contributed by atoms with Crippen LogP contribution in [0.4, 0.5) is 5.69 Å². The van der Waals surface area contributed by atoms with E-state index in [9.17, 15) is 0 Å². The molecule has 0 heterocycles. The Bertz CT molecular complexity index is 306. The van der Waals surface area contributed by atoms with Gasteiger partial charge in [-0.15, -0.1) is 0 Å². The molecular formula is C11H14N2S. The summed E-state index contributed by atoms with van der Waals surface area (Å²) in [5, 5.41) is 7.18. The van der Waals surface area contributed by atoms with Crippen molar-refractivity contribution in [1.29, 1.82) is 0 Å². The molecule has 1 aromatic carbocycles. The van der Waals surface area contributed by atoms with Crippen LogP contribution in [0.1, 0.15) is 19.3 Å². The van der Waals surface area contributed by atoms with Crippen molar-refractivity contribution in [3.05, 3.63) is 30.3 Å². The summed E-state index contributed by atoms with van der Waals surface area (Å²) >= 11 is 5.19. The molecule has 0 unspecified atom stereocenters. The third-order valence-corrected chi connectivity index (χ3v) is 2.69. The maximum absolute atomic E-state index is 5.19. The minimum atomic E-state index is 0.596. The zero-order valence-corrected chi connectivity index (χ0v) is 8.81. The van der Waals surface area contributed by atoms with Gasteiger partial charge in [-0.05, 0) is 43.6 Å². The Morgan fingerprint density at radius 2 is 1.93 bits per heavy atom. The lowest BCUT2D eigenvalue weighted by molar-refractivity contribution is 0.385. The van der Waals surface area contributed by atoms with Crippen LogP contribution in [-0.2, 0) is 0 Å². The molecule has 2 N–H and O–H groups in total. The molecular weight excluding hydrogens is 192 g/mol. The molecule has 1 saturated carbocycles. The van der Waals surface area contributed by atoms with Crippen molar-refractivity contribution in [2.24, 2.45) is 0 Å². The number of rotatable bonds is 2. The fourth-order valence-corrected chi connectivity index (χ4v) is 1.71. The van der Waals surface area contributed by atoms with Crippen LogP contribution in [0.15, 0.2) is 30.3 Å². The van der Waals surface area contributed by atoms with Crippen LogP contribution < -0.4 is 10.6 Å². The van der Waals surface area contributed by atoms with Crippen molar-refractivity contribution < 1.29 is 0 Å². The molecule has 14 heavy (non-hydrogen) atoms. The molecule has 0 radical (unpaired) electrons. The molecule has 0 aliphatic heterocycles. The Hall–Kier alpha value is -1.09. The molecule has 1 fully saturated rings. The summed E-state index contributed by atoms with van der Waals surface area (Å²) in [7, 11) is 0. The van der Waals surface area contributed by atoms with Gasteiger partial charge in [0.25, 0.3) is 0 Å². The number of nitrogens with one attached hydrogen (secondary N) is 2. The predicted molar refractivity (Wildman–Crippen MR) is 63.4 cm³/mol. The molecule has 1 aromatic rings. The molecule has 74 valence electrons. The van der Waals surface area contributed by atoms with Crippen molar-refractivity contribution in [1.82, 2.24) is 5.32 Å². The van der Waals surface area contributed by atoms with Crippen LogP contribution in [0.2, 0.25) is 0 Å². The van der Waals surface area contributed by atoms with Crippen LogP contribution in [-0.4, -0.2) is 11.2 Å². The molecule has 0 atom stereocenters. The second kappa shape index (κ2) is 4.42. The first-order valence-corrected chi connectivity index (χ1v) is 5.38. The SMILES string of the molecule is S=C(Nc1ccccc1)NC1CCC1. The summed E-state index contributed by atoms with van der Waals surface area (Å²) < 4.78 is 0. The standard InChI is InChI=1S/C11H14N2S/c14-11(13-10-7-4-8-10)12-9-5-2-1-3-6-9/h1-3,5-6,10H,4,7-8H2,(H2,12,13,14). The van der Waals surface area contributed by atoms with Gasteiger partial charge in [-0.3, -0.25) is 0 Å². The van der Waals surface area contributed by atoms with Crippen LogP contribution in [0.3, 0.4) is 0 Å². The van der Waals surface area contributed by atoms with Crippen molar-refractivity contribution in [3.63, 3.8) is 0 Å². The second-order valence-corrected chi connectivity index (χ2v) is 4.00. The third-order valence-electron chi connectivity index (χ3n) is 2.47. The van der Waals surface area contributed by atoms with E-state index in [1.807, 2.05) is 30.3 Å². The molecule has 3 heteroatoms. The Morgan fingerprint density at radius 3 is 2.50 bits per heavy atom. The van der Waals surface area contributed by atoms with E-state index in [-0.39, 0.29) is 0 Å². The van der Waals surface area contributed by atoms with E-state index in [1.54, 1.807) is 0 Å². The Kier molecular flexibility index (Phi) is 2.99. The number of benzene rings is 1. The number of thiocarbonyl (C=S) groups is 1. The minimum Gasteiger partial charge on any atom is -0.360 e. The molecule has 1 aliphatic carbocycles. The average molecular weight is 206 g/mol. The molecule has 0 aromatic heterocycles. The summed E-state index contributed by atoms with van der Waals surface area (Å²) in [6.07, 6.45) is 3.82. The topological polar surface area (TPSA) is 24.1 Å². The zero-order valence-electron chi connectivity index (χ0n) is 7.99. The zero-order chi connectivity index (χ0) is 9.80. The molecule has 0 spiro atoms. The van der Waals surface area contributed by atoms with E-state index in [0.717, 1.165) is 10.8 Å². The summed E-state index contributed by atoms with van der Waals surface area (Å²) in [5.74, 6) is 0. The van der Waals surface area contributed by atoms with Gasteiger partial charge in [-0.25, -0.2) is 0 Å². The van der Waals surface area contributed by atoms with E-state index in [2.05, 4.69) is 10.6 Å². The van der Waals surface area contributed by atoms with Gasteiger partial charge in [0.15, 0.2) is 5.11 Å². The van der Waals surface area contributed by atoms with Gasteiger partial charge >= 0.3 is 0 Å². The quantitative estimate of drug-likeness (QED) is 0.727. The van der Waals surface area contributed by atoms with Gasteiger partial charge in [0.1, 0.15) is 0 Å². The lowest BCUT2D eigenvalue weighted by atomic mass is 9.93. The highest BCUT2D eigenvalue weighted by Gasteiger charge is 2.17. The van der Waals surface area contributed by atoms with E-state index in [0.29, 0.717) is 6.04 Å². The predicted octanol–water partition coefficient (Wildman–Crippen LogP) is 2.53. The molecule has 2 rings (SSSR count). The fraction of sp³-hybridized carbons (Fsp3) is 0.364. The monoisotopic (exact) mass is 206 g/mol. The summed E-state index contributed by atoms with van der Waals surface area (Å²) in [5.41, 5.74) is 1.05. The molecule has 2 nitrogen and oxygen atoms in total. The van der Waals surface area contributed by atoms with E-state index < -0.39 is 0 Å². The minimum absolute atomic E-state index is 0.596. The van der Waals surface area contributed by atoms with Gasteiger partial charge in [0, 0.05) is 11.7 Å². The summed E-state index contributed by atoms with van der Waals surface area (Å²) in [4.78, 5) is 0. The lowest BCUT2D eigenvalue weighted by Gasteiger charge is -2.27. The largest absolute Gasteiger partial charge is 0.360 e. The lowest BCUT2D eigenvalue weighted by Crippen LogP contribution is -2.41. The van der Waals surface area contributed by atoms with Crippen molar-refractivity contribution in [3.8, 4) is 0 Å². The smallest absolute Gasteiger partial charge is 0.170 e. The molecule has 0 saturated heterocycles. The average Bonchev–Trinajstić information content (AvgIpc) is 2.13. The van der Waals surface area contributed by atoms with Crippen LogP contribution in [0.5, 0.6) is 0 Å². The summed E-state index contributed by atoms with van der Waals surface area (Å²) in [6, 6.07) is 10.6. The molecule has 1 aliphatic rings. The maximum atomic E-state index is 5.19. The van der Waals surface area contributed by atoms with Crippen molar-refractivity contribution in [2.45, 2.75) is 25.3 Å². The first kappa shape index (κ1) is 9.46. The van der Waals surface area contributed by atoms with Crippen molar-refractivity contribution in [2.75, 3.05) is 5.32 Å². The van der Waals surface area contributed by atoms with E-state index in [1.165, 1.54) is 19.3 Å². The second-order valence-electron chi connectivity index (χ2n) is 3.59. The number of hydrogen-bond acceptors (Lipinski definition) is 1. The van der Waals surface area contributed by atoms with Crippen LogP contribution >= 0.6 is 12.2 Å². The van der Waals surface area contributed by atoms with E-state index >= 15 is 0 Å². The Balaban J connectivity index is 1.82. The number of anilines is 1. The maximum Gasteiger partial charge on any atom is 0.170 e. The van der Waals surface area contributed by atoms with E-state index in [4.69, 9.17) is 12.2 Å². The van der Waals surface area contributed by atoms with Gasteiger partial charge in [-0.1, -0.05) is 18.2 Å². The van der Waals surface area contributed by atoms with Crippen LogP contribution in [0.25, 0.3) is 0 Å². The number of para-hydroxylation sites is 1. The molecule has 0 bridgehead atoms. The third kappa shape index (κ3) is 2.45. The van der Waals surface area contributed by atoms with Crippen LogP contribution in [0, 0.1) is 0 Å². The van der Waals surface area contributed by atoms with Gasteiger partial charge in [-0.2, -0.15) is 0 Å². The first-order chi connectivity index (χ1) is 6.84. The van der Waals surface area contributed by atoms with Gasteiger partial charge < -0.3 is 10.6 Å². The highest BCUT2D eigenvalue weighted by atomic mass is 32.1. The highest BCUT2D eigenvalue weighted by molar-refractivity contribution is 7.80. The van der Waals surface area contributed by atoms with Gasteiger partial charge in [0.05, 0.1) is 0 Å². The number of hydrogen-bond donors (Lipinski definition) is 2. The van der Waals surface area contributed by atoms with Gasteiger partial charge in [0.2, 0.25) is 0 Å². The van der Waals surface area contributed by atoms with Crippen molar-refractivity contribution >= 4 is 23.0 Å². The Labute approximate surface area is 89.7 Å². The fourth-order valence-electron chi connectivity index (χ4n) is 1.43.